The van der Waals surface area contributed by atoms with Gasteiger partial charge in [0, 0.05) is 26.6 Å². The minimum Gasteiger partial charge on any atom is -0.497 e. The number of carbonyl (C=O) groups is 2. The molecule has 1 aromatic heterocycles. The number of ketones is 1. The smallest absolute Gasteiger partial charge is 0.339 e. The van der Waals surface area contributed by atoms with Gasteiger partial charge in [0.1, 0.15) is 5.75 Å². The number of hydrogen-bond acceptors (Lipinski definition) is 5. The lowest BCUT2D eigenvalue weighted by Crippen LogP contribution is -2.15. The Morgan fingerprint density at radius 1 is 0.875 bits per heavy atom. The maximum Gasteiger partial charge on any atom is 0.339 e. The van der Waals surface area contributed by atoms with Crippen LogP contribution in [-0.4, -0.2) is 30.5 Å². The quantitative estimate of drug-likeness (QED) is 0.248. The lowest BCUT2D eigenvalue weighted by molar-refractivity contribution is 0.0476. The number of nitrogens with zero attached hydrogens (tertiary/aromatic N) is 1. The Labute approximate surface area is 194 Å². The number of methoxy groups -OCH3 is 1. The number of rotatable bonds is 6. The summed E-state index contributed by atoms with van der Waals surface area (Å²) < 4.78 is 10.4. The van der Waals surface area contributed by atoms with Crippen LogP contribution in [-0.2, 0) is 4.74 Å². The van der Waals surface area contributed by atoms with Crippen molar-refractivity contribution in [1.82, 2.24) is 4.98 Å². The lowest BCUT2D eigenvalue weighted by Gasteiger charge is -2.11. The first kappa shape index (κ1) is 21.8. The van der Waals surface area contributed by atoms with Crippen LogP contribution in [0.3, 0.4) is 0 Å². The molecule has 3 aromatic carbocycles. The third kappa shape index (κ3) is 4.74. The minimum absolute atomic E-state index is 0.269. The molecule has 0 bridgehead atoms. The zero-order chi connectivity index (χ0) is 22.7. The fraction of sp³-hybridized carbons (Fsp3) is 0.0800. The van der Waals surface area contributed by atoms with Gasteiger partial charge in [0.05, 0.1) is 23.9 Å². The number of Topliss-reactive ketones (excluding diaryl/α,β-unsaturated/α-hetero) is 1. The first-order valence-electron chi connectivity index (χ1n) is 9.65. The maximum absolute atomic E-state index is 13.0. The summed E-state index contributed by atoms with van der Waals surface area (Å²) in [6, 6.07) is 20.4. The van der Waals surface area contributed by atoms with Crippen molar-refractivity contribution in [1.29, 1.82) is 0 Å². The molecule has 5 nitrogen and oxygen atoms in total. The molecule has 7 heteroatoms. The van der Waals surface area contributed by atoms with Crippen LogP contribution in [0.15, 0.2) is 72.8 Å². The zero-order valence-corrected chi connectivity index (χ0v) is 18.5. The van der Waals surface area contributed by atoms with Gasteiger partial charge in [0.25, 0.3) is 0 Å². The summed E-state index contributed by atoms with van der Waals surface area (Å²) in [6.07, 6.45) is 0. The van der Waals surface area contributed by atoms with Gasteiger partial charge in [-0.15, -0.1) is 0 Å². The highest BCUT2D eigenvalue weighted by molar-refractivity contribution is 6.31. The van der Waals surface area contributed by atoms with Crippen LogP contribution in [0.1, 0.15) is 20.7 Å². The molecule has 0 radical (unpaired) electrons. The number of benzene rings is 3. The molecule has 0 aliphatic heterocycles. The molecular weight excluding hydrogens is 449 g/mol. The van der Waals surface area contributed by atoms with E-state index in [0.29, 0.717) is 38.0 Å². The number of ether oxygens (including phenoxy) is 2. The van der Waals surface area contributed by atoms with Crippen molar-refractivity contribution in [3.05, 3.63) is 94.0 Å². The number of carbonyl (C=O) groups excluding carboxylic acids is 2. The van der Waals surface area contributed by atoms with E-state index in [1.807, 2.05) is 12.1 Å². The van der Waals surface area contributed by atoms with Crippen molar-refractivity contribution in [3.8, 4) is 17.0 Å². The van der Waals surface area contributed by atoms with E-state index in [4.69, 9.17) is 32.7 Å². The molecular formula is C25H17Cl2NO4. The lowest BCUT2D eigenvalue weighted by atomic mass is 10.0. The van der Waals surface area contributed by atoms with Crippen LogP contribution in [0.25, 0.3) is 22.2 Å². The van der Waals surface area contributed by atoms with Gasteiger partial charge in [-0.3, -0.25) is 4.79 Å². The first-order valence-corrected chi connectivity index (χ1v) is 10.4. The molecule has 1 heterocycles. The predicted octanol–water partition coefficient (Wildman–Crippen LogP) is 6.26. The Morgan fingerprint density at radius 3 is 2.25 bits per heavy atom. The van der Waals surface area contributed by atoms with Crippen molar-refractivity contribution in [2.45, 2.75) is 0 Å². The van der Waals surface area contributed by atoms with E-state index in [2.05, 4.69) is 4.98 Å². The van der Waals surface area contributed by atoms with E-state index in [1.54, 1.807) is 67.8 Å². The normalized spacial score (nSPS) is 10.7. The predicted molar refractivity (Wildman–Crippen MR) is 125 cm³/mol. The van der Waals surface area contributed by atoms with E-state index in [9.17, 15) is 9.59 Å². The Balaban J connectivity index is 1.63. The van der Waals surface area contributed by atoms with Crippen molar-refractivity contribution in [2.24, 2.45) is 0 Å². The standard InChI is InChI=1S/C25H17Cl2NO4/c1-31-19-9-4-16(5-10-19)24(29)14-32-25(30)21-13-23(15-2-6-17(26)7-3-15)28-22-11-8-18(27)12-20(21)22/h2-13H,14H2,1H3. The molecule has 0 fully saturated rings. The van der Waals surface area contributed by atoms with Gasteiger partial charge in [-0.05, 0) is 60.7 Å². The highest BCUT2D eigenvalue weighted by Crippen LogP contribution is 2.28. The average Bonchev–Trinajstić information content (AvgIpc) is 2.82. The summed E-state index contributed by atoms with van der Waals surface area (Å²) in [5.74, 6) is -0.333. The van der Waals surface area contributed by atoms with Gasteiger partial charge in [-0.1, -0.05) is 35.3 Å². The summed E-state index contributed by atoms with van der Waals surface area (Å²) in [6.45, 7) is -0.397. The van der Waals surface area contributed by atoms with Gasteiger partial charge < -0.3 is 9.47 Å². The fourth-order valence-electron chi connectivity index (χ4n) is 3.20. The SMILES string of the molecule is COc1ccc(C(=O)COC(=O)c2cc(-c3ccc(Cl)cc3)nc3ccc(Cl)cc23)cc1. The third-order valence-electron chi connectivity index (χ3n) is 4.88. The summed E-state index contributed by atoms with van der Waals surface area (Å²) in [5, 5.41) is 1.59. The minimum atomic E-state index is -0.642. The average molecular weight is 466 g/mol. The molecule has 4 rings (SSSR count). The van der Waals surface area contributed by atoms with Crippen molar-refractivity contribution < 1.29 is 19.1 Å². The van der Waals surface area contributed by atoms with Crippen molar-refractivity contribution in [3.63, 3.8) is 0 Å². The van der Waals surface area contributed by atoms with Gasteiger partial charge >= 0.3 is 5.97 Å². The molecule has 0 amide bonds. The Hall–Kier alpha value is -3.41. The number of aromatic nitrogens is 1. The van der Waals surface area contributed by atoms with Gasteiger partial charge in [0.15, 0.2) is 12.4 Å². The molecule has 0 spiro atoms. The number of pyridine rings is 1. The topological polar surface area (TPSA) is 65.5 Å². The van der Waals surface area contributed by atoms with Crippen LogP contribution < -0.4 is 4.74 Å². The third-order valence-corrected chi connectivity index (χ3v) is 5.36. The monoisotopic (exact) mass is 465 g/mol. The number of hydrogen-bond donors (Lipinski definition) is 0. The van der Waals surface area contributed by atoms with E-state index in [1.165, 1.54) is 0 Å². The molecule has 32 heavy (non-hydrogen) atoms. The summed E-state index contributed by atoms with van der Waals surface area (Å²) in [5.41, 5.74) is 2.63. The maximum atomic E-state index is 13.0. The van der Waals surface area contributed by atoms with Crippen LogP contribution in [0.2, 0.25) is 10.0 Å². The van der Waals surface area contributed by atoms with Gasteiger partial charge in [0.2, 0.25) is 0 Å². The zero-order valence-electron chi connectivity index (χ0n) is 17.0. The second-order valence-corrected chi connectivity index (χ2v) is 7.82. The molecule has 4 aromatic rings. The molecule has 0 N–H and O–H groups in total. The fourth-order valence-corrected chi connectivity index (χ4v) is 3.50. The van der Waals surface area contributed by atoms with Crippen molar-refractivity contribution >= 4 is 45.9 Å². The molecule has 0 saturated heterocycles. The number of fused-ring (bicyclic) bond motifs is 1. The Morgan fingerprint density at radius 2 is 1.56 bits per heavy atom. The second kappa shape index (κ2) is 9.39. The molecule has 0 saturated carbocycles. The second-order valence-electron chi connectivity index (χ2n) is 6.95. The van der Waals surface area contributed by atoms with Gasteiger partial charge in [-0.2, -0.15) is 0 Å². The Bertz CT molecular complexity index is 1300. The Kier molecular flexibility index (Phi) is 6.40. The highest BCUT2D eigenvalue weighted by atomic mass is 35.5. The van der Waals surface area contributed by atoms with Crippen LogP contribution in [0.4, 0.5) is 0 Å². The highest BCUT2D eigenvalue weighted by Gasteiger charge is 2.18. The first-order chi connectivity index (χ1) is 15.4. The molecule has 0 unspecified atom stereocenters. The molecule has 0 aliphatic rings. The largest absolute Gasteiger partial charge is 0.497 e. The number of esters is 1. The van der Waals surface area contributed by atoms with Crippen molar-refractivity contribution in [2.75, 3.05) is 13.7 Å². The summed E-state index contributed by atoms with van der Waals surface area (Å²) in [7, 11) is 1.54. The molecule has 160 valence electrons. The van der Waals surface area contributed by atoms with E-state index < -0.39 is 12.6 Å². The number of halogens is 2. The van der Waals surface area contributed by atoms with E-state index in [0.717, 1.165) is 5.56 Å². The van der Waals surface area contributed by atoms with Crippen LogP contribution in [0.5, 0.6) is 5.75 Å². The van der Waals surface area contributed by atoms with Crippen LogP contribution >= 0.6 is 23.2 Å². The summed E-state index contributed by atoms with van der Waals surface area (Å²) in [4.78, 5) is 30.0. The molecule has 0 aliphatic carbocycles. The summed E-state index contributed by atoms with van der Waals surface area (Å²) >= 11 is 12.1. The van der Waals surface area contributed by atoms with Crippen LogP contribution in [0, 0.1) is 0 Å². The van der Waals surface area contributed by atoms with Gasteiger partial charge in [-0.25, -0.2) is 9.78 Å². The van der Waals surface area contributed by atoms with E-state index in [-0.39, 0.29) is 11.3 Å². The molecule has 0 atom stereocenters. The van der Waals surface area contributed by atoms with E-state index >= 15 is 0 Å².